The van der Waals surface area contributed by atoms with Crippen LogP contribution in [0.15, 0.2) is 46.0 Å². The zero-order chi connectivity index (χ0) is 21.1. The first kappa shape index (κ1) is 21.2. The number of rotatable bonds is 4. The summed E-state index contributed by atoms with van der Waals surface area (Å²) in [4.78, 5) is 25.6. The van der Waals surface area contributed by atoms with Gasteiger partial charge in [0.25, 0.3) is 5.91 Å². The van der Waals surface area contributed by atoms with Gasteiger partial charge in [-0.3, -0.25) is 4.79 Å². The summed E-state index contributed by atoms with van der Waals surface area (Å²) in [6, 6.07) is 6.41. The van der Waals surface area contributed by atoms with Gasteiger partial charge >= 0.3 is 0 Å². The highest BCUT2D eigenvalue weighted by Gasteiger charge is 2.28. The molecule has 3 heterocycles. The molecule has 2 aliphatic rings. The number of carbonyl (C=O) groups excluding carboxylic acids is 1. The summed E-state index contributed by atoms with van der Waals surface area (Å²) in [6.07, 6.45) is 6.22. The monoisotopic (exact) mass is 493 g/mol. The number of hydrogen-bond acceptors (Lipinski definition) is 6. The average molecular weight is 494 g/mol. The quantitative estimate of drug-likeness (QED) is 0.649. The van der Waals surface area contributed by atoms with Crippen LogP contribution in [0.3, 0.4) is 0 Å². The highest BCUT2D eigenvalue weighted by molar-refractivity contribution is 9.10. The first-order valence-electron chi connectivity index (χ1n) is 10.1. The maximum absolute atomic E-state index is 13.0. The molecule has 10 heteroatoms. The van der Waals surface area contributed by atoms with Crippen LogP contribution in [-0.4, -0.2) is 72.8 Å². The fourth-order valence-electron chi connectivity index (χ4n) is 3.80. The van der Waals surface area contributed by atoms with Gasteiger partial charge in [-0.1, -0.05) is 12.5 Å². The van der Waals surface area contributed by atoms with Gasteiger partial charge in [0.1, 0.15) is 0 Å². The average Bonchev–Trinajstić information content (AvgIpc) is 2.80. The molecule has 0 aliphatic carbocycles. The summed E-state index contributed by atoms with van der Waals surface area (Å²) in [5, 5.41) is 0. The van der Waals surface area contributed by atoms with E-state index in [0.29, 0.717) is 50.8 Å². The number of anilines is 1. The molecule has 1 aromatic heterocycles. The summed E-state index contributed by atoms with van der Waals surface area (Å²) >= 11 is 3.33. The fourth-order valence-corrected chi connectivity index (χ4v) is 5.57. The van der Waals surface area contributed by atoms with Crippen LogP contribution in [0.1, 0.15) is 29.6 Å². The summed E-state index contributed by atoms with van der Waals surface area (Å²) in [5.41, 5.74) is 0.404. The number of benzene rings is 1. The summed E-state index contributed by atoms with van der Waals surface area (Å²) in [6.45, 7) is 3.39. The summed E-state index contributed by atoms with van der Waals surface area (Å²) < 4.78 is 28.2. The lowest BCUT2D eigenvalue weighted by Gasteiger charge is -2.34. The van der Waals surface area contributed by atoms with Crippen molar-refractivity contribution in [3.8, 4) is 0 Å². The van der Waals surface area contributed by atoms with E-state index in [1.54, 1.807) is 35.5 Å². The molecular formula is C20H24BrN5O3S. The number of carbonyl (C=O) groups is 1. The first-order valence-corrected chi connectivity index (χ1v) is 12.3. The fraction of sp³-hybridized carbons (Fsp3) is 0.450. The van der Waals surface area contributed by atoms with Crippen LogP contribution in [-0.2, 0) is 10.0 Å². The zero-order valence-corrected chi connectivity index (χ0v) is 19.0. The molecule has 0 radical (unpaired) electrons. The van der Waals surface area contributed by atoms with Crippen LogP contribution in [0.4, 0.5) is 5.95 Å². The normalized spacial score (nSPS) is 18.4. The molecule has 4 rings (SSSR count). The van der Waals surface area contributed by atoms with Gasteiger partial charge in [0.05, 0.1) is 9.37 Å². The van der Waals surface area contributed by atoms with E-state index in [2.05, 4.69) is 25.9 Å². The number of halogens is 1. The van der Waals surface area contributed by atoms with Crippen molar-refractivity contribution in [2.24, 2.45) is 0 Å². The molecule has 0 atom stereocenters. The maximum Gasteiger partial charge on any atom is 0.254 e. The number of piperidine rings is 1. The minimum absolute atomic E-state index is 0.151. The van der Waals surface area contributed by atoms with Crippen molar-refractivity contribution in [1.29, 1.82) is 0 Å². The number of sulfonamides is 1. The van der Waals surface area contributed by atoms with E-state index in [1.165, 1.54) is 10.4 Å². The number of aromatic nitrogens is 2. The van der Waals surface area contributed by atoms with E-state index < -0.39 is 10.0 Å². The molecule has 0 bridgehead atoms. The molecule has 30 heavy (non-hydrogen) atoms. The predicted molar refractivity (Wildman–Crippen MR) is 117 cm³/mol. The van der Waals surface area contributed by atoms with Gasteiger partial charge in [0, 0.05) is 57.2 Å². The van der Waals surface area contributed by atoms with E-state index in [1.807, 2.05) is 4.90 Å². The minimum atomic E-state index is -3.56. The van der Waals surface area contributed by atoms with E-state index in [0.717, 1.165) is 23.7 Å². The summed E-state index contributed by atoms with van der Waals surface area (Å²) in [5.74, 6) is 0.488. The Morgan fingerprint density at radius 3 is 2.27 bits per heavy atom. The van der Waals surface area contributed by atoms with Gasteiger partial charge in [-0.2, -0.15) is 4.31 Å². The van der Waals surface area contributed by atoms with Crippen molar-refractivity contribution in [3.63, 3.8) is 0 Å². The van der Waals surface area contributed by atoms with Crippen LogP contribution >= 0.6 is 15.9 Å². The molecule has 8 nitrogen and oxygen atoms in total. The van der Waals surface area contributed by atoms with Crippen LogP contribution in [0.5, 0.6) is 0 Å². The third-order valence-corrected chi connectivity index (χ3v) is 7.79. The van der Waals surface area contributed by atoms with Crippen LogP contribution in [0.25, 0.3) is 0 Å². The Labute approximate surface area is 185 Å². The molecule has 160 valence electrons. The van der Waals surface area contributed by atoms with Crippen molar-refractivity contribution in [1.82, 2.24) is 19.2 Å². The number of hydrogen-bond donors (Lipinski definition) is 0. The smallest absolute Gasteiger partial charge is 0.254 e. The largest absolute Gasteiger partial charge is 0.337 e. The molecule has 2 saturated heterocycles. The number of nitrogens with zero attached hydrogens (tertiary/aromatic N) is 5. The number of amides is 1. The van der Waals surface area contributed by atoms with E-state index in [9.17, 15) is 13.2 Å². The lowest BCUT2D eigenvalue weighted by Crippen LogP contribution is -2.49. The standard InChI is InChI=1S/C20H24BrN5O3S/c21-17-14-22-20(23-15-17)25-11-9-24(10-12-25)19(27)16-5-4-6-18(13-16)30(28,29)26-7-2-1-3-8-26/h4-6,13-15H,1-3,7-12H2. The van der Waals surface area contributed by atoms with Crippen molar-refractivity contribution < 1.29 is 13.2 Å². The molecule has 0 unspecified atom stereocenters. The van der Waals surface area contributed by atoms with E-state index >= 15 is 0 Å². The van der Waals surface area contributed by atoms with Gasteiger partial charge < -0.3 is 9.80 Å². The molecule has 2 aliphatic heterocycles. The van der Waals surface area contributed by atoms with Crippen molar-refractivity contribution in [2.75, 3.05) is 44.2 Å². The zero-order valence-electron chi connectivity index (χ0n) is 16.6. The second-order valence-electron chi connectivity index (χ2n) is 7.47. The second kappa shape index (κ2) is 8.99. The number of piperazine rings is 1. The third kappa shape index (κ3) is 4.50. The molecule has 0 N–H and O–H groups in total. The Hall–Kier alpha value is -2.04. The van der Waals surface area contributed by atoms with E-state index in [-0.39, 0.29) is 10.8 Å². The Morgan fingerprint density at radius 1 is 0.933 bits per heavy atom. The Balaban J connectivity index is 1.44. The van der Waals surface area contributed by atoms with Crippen molar-refractivity contribution in [3.05, 3.63) is 46.7 Å². The van der Waals surface area contributed by atoms with Crippen molar-refractivity contribution in [2.45, 2.75) is 24.2 Å². The molecule has 1 aromatic carbocycles. The topological polar surface area (TPSA) is 86.7 Å². The van der Waals surface area contributed by atoms with Gasteiger partial charge in [-0.15, -0.1) is 0 Å². The van der Waals surface area contributed by atoms with Crippen molar-refractivity contribution >= 4 is 37.8 Å². The van der Waals surface area contributed by atoms with Crippen LogP contribution < -0.4 is 4.90 Å². The van der Waals surface area contributed by atoms with Crippen LogP contribution in [0, 0.1) is 0 Å². The summed E-state index contributed by atoms with van der Waals surface area (Å²) in [7, 11) is -3.56. The lowest BCUT2D eigenvalue weighted by molar-refractivity contribution is 0.0746. The first-order chi connectivity index (χ1) is 14.4. The van der Waals surface area contributed by atoms with E-state index in [4.69, 9.17) is 0 Å². The Morgan fingerprint density at radius 2 is 1.60 bits per heavy atom. The highest BCUT2D eigenvalue weighted by Crippen LogP contribution is 2.22. The SMILES string of the molecule is O=C(c1cccc(S(=O)(=O)N2CCCCC2)c1)N1CCN(c2ncc(Br)cn2)CC1. The molecule has 0 saturated carbocycles. The maximum atomic E-state index is 13.0. The molecule has 0 spiro atoms. The van der Waals surface area contributed by atoms with Gasteiger partial charge in [0.2, 0.25) is 16.0 Å². The van der Waals surface area contributed by atoms with Gasteiger partial charge in [0.15, 0.2) is 0 Å². The Bertz CT molecular complexity index is 1000. The molecule has 2 fully saturated rings. The molecule has 1 amide bonds. The van der Waals surface area contributed by atoms with Gasteiger partial charge in [-0.05, 0) is 47.0 Å². The Kier molecular flexibility index (Phi) is 6.35. The second-order valence-corrected chi connectivity index (χ2v) is 10.3. The van der Waals surface area contributed by atoms with Crippen LogP contribution in [0.2, 0.25) is 0 Å². The van der Waals surface area contributed by atoms with Gasteiger partial charge in [-0.25, -0.2) is 18.4 Å². The predicted octanol–water partition coefficient (Wildman–Crippen LogP) is 2.38. The highest BCUT2D eigenvalue weighted by atomic mass is 79.9. The lowest BCUT2D eigenvalue weighted by atomic mass is 10.2. The molecular weight excluding hydrogens is 470 g/mol. The molecule has 2 aromatic rings. The third-order valence-electron chi connectivity index (χ3n) is 5.49. The minimum Gasteiger partial charge on any atom is -0.337 e.